The summed E-state index contributed by atoms with van der Waals surface area (Å²) in [4.78, 5) is 5.45. The van der Waals surface area contributed by atoms with Crippen molar-refractivity contribution < 1.29 is 5.11 Å². The van der Waals surface area contributed by atoms with E-state index in [2.05, 4.69) is 20.9 Å². The van der Waals surface area contributed by atoms with Gasteiger partial charge in [0.05, 0.1) is 6.10 Å². The predicted octanol–water partition coefficient (Wildman–Crippen LogP) is 3.44. The Balaban J connectivity index is 1.82. The highest BCUT2D eigenvalue weighted by Gasteiger charge is 2.09. The van der Waals surface area contributed by atoms with Crippen molar-refractivity contribution in [1.29, 1.82) is 0 Å². The fourth-order valence-electron chi connectivity index (χ4n) is 1.65. The fourth-order valence-corrected chi connectivity index (χ4v) is 3.23. The summed E-state index contributed by atoms with van der Waals surface area (Å²) < 4.78 is 1.10. The maximum Gasteiger partial charge on any atom is 0.0592 e. The zero-order valence-electron chi connectivity index (χ0n) is 9.34. The number of thiophene rings is 1. The summed E-state index contributed by atoms with van der Waals surface area (Å²) >= 11 is 5.15. The van der Waals surface area contributed by atoms with Crippen LogP contribution in [0.3, 0.4) is 0 Å². The summed E-state index contributed by atoms with van der Waals surface area (Å²) in [6.07, 6.45) is 3.78. The molecule has 0 spiro atoms. The van der Waals surface area contributed by atoms with Gasteiger partial charge in [-0.1, -0.05) is 6.07 Å². The Labute approximate surface area is 113 Å². The van der Waals surface area contributed by atoms with Crippen molar-refractivity contribution >= 4 is 27.3 Å². The van der Waals surface area contributed by atoms with Crippen LogP contribution in [0.25, 0.3) is 0 Å². The number of hydrogen-bond donors (Lipinski definition) is 1. The third-order valence-electron chi connectivity index (χ3n) is 2.57. The van der Waals surface area contributed by atoms with E-state index < -0.39 is 0 Å². The van der Waals surface area contributed by atoms with E-state index in [4.69, 9.17) is 0 Å². The lowest BCUT2D eigenvalue weighted by molar-refractivity contribution is 0.165. The zero-order chi connectivity index (χ0) is 12.1. The van der Waals surface area contributed by atoms with Crippen LogP contribution in [0.2, 0.25) is 0 Å². The van der Waals surface area contributed by atoms with Gasteiger partial charge in [-0.3, -0.25) is 4.98 Å². The first-order chi connectivity index (χ1) is 8.25. The summed E-state index contributed by atoms with van der Waals surface area (Å²) in [6.45, 7) is 0. The number of aryl methyl sites for hydroxylation is 1. The van der Waals surface area contributed by atoms with E-state index in [0.717, 1.165) is 23.0 Å². The Hall–Kier alpha value is -0.710. The third-order valence-corrected chi connectivity index (χ3v) is 4.52. The number of aliphatic hydroxyl groups is 1. The van der Waals surface area contributed by atoms with Crippen molar-refractivity contribution in [2.24, 2.45) is 0 Å². The number of pyridine rings is 1. The molecule has 2 aromatic heterocycles. The predicted molar refractivity (Wildman–Crippen MR) is 74.3 cm³/mol. The molecule has 0 amide bonds. The Morgan fingerprint density at radius 1 is 1.35 bits per heavy atom. The van der Waals surface area contributed by atoms with E-state index in [9.17, 15) is 5.11 Å². The Bertz CT molecular complexity index is 457. The minimum absolute atomic E-state index is 0.299. The van der Waals surface area contributed by atoms with Crippen molar-refractivity contribution in [2.75, 3.05) is 0 Å². The minimum atomic E-state index is -0.299. The average Bonchev–Trinajstić information content (AvgIpc) is 2.74. The molecule has 90 valence electrons. The molecule has 1 unspecified atom stereocenters. The monoisotopic (exact) mass is 311 g/mol. The molecule has 2 heterocycles. The Morgan fingerprint density at radius 2 is 2.24 bits per heavy atom. The van der Waals surface area contributed by atoms with E-state index in [1.807, 2.05) is 29.6 Å². The number of nitrogens with zero attached hydrogens (tertiary/aromatic N) is 1. The van der Waals surface area contributed by atoms with E-state index in [0.29, 0.717) is 6.42 Å². The molecular weight excluding hydrogens is 298 g/mol. The molecule has 0 aromatic carbocycles. The first-order valence-electron chi connectivity index (χ1n) is 5.55. The van der Waals surface area contributed by atoms with Crippen molar-refractivity contribution in [3.05, 3.63) is 50.9 Å². The molecule has 17 heavy (non-hydrogen) atoms. The van der Waals surface area contributed by atoms with Gasteiger partial charge in [0.15, 0.2) is 0 Å². The van der Waals surface area contributed by atoms with Crippen LogP contribution >= 0.6 is 27.3 Å². The van der Waals surface area contributed by atoms with Gasteiger partial charge in [-0.2, -0.15) is 0 Å². The maximum absolute atomic E-state index is 9.96. The molecule has 0 aliphatic carbocycles. The minimum Gasteiger partial charge on any atom is -0.393 e. The summed E-state index contributed by atoms with van der Waals surface area (Å²) in [5, 5.41) is 12.0. The highest BCUT2D eigenvalue weighted by Crippen LogP contribution is 2.24. The van der Waals surface area contributed by atoms with Gasteiger partial charge in [0, 0.05) is 27.7 Å². The van der Waals surface area contributed by atoms with Crippen LogP contribution in [0.5, 0.6) is 0 Å². The average molecular weight is 312 g/mol. The topological polar surface area (TPSA) is 33.1 Å². The summed E-state index contributed by atoms with van der Waals surface area (Å²) in [7, 11) is 0. The molecular formula is C13H14BrNOS. The van der Waals surface area contributed by atoms with Crippen LogP contribution in [-0.4, -0.2) is 16.2 Å². The molecule has 0 saturated heterocycles. The molecule has 2 nitrogen and oxygen atoms in total. The number of halogens is 1. The molecule has 0 saturated carbocycles. The molecule has 4 heteroatoms. The smallest absolute Gasteiger partial charge is 0.0592 e. The number of rotatable bonds is 5. The van der Waals surface area contributed by atoms with Crippen molar-refractivity contribution in [1.82, 2.24) is 4.98 Å². The second-order valence-electron chi connectivity index (χ2n) is 3.91. The Morgan fingerprint density at radius 3 is 2.88 bits per heavy atom. The standard InChI is InChI=1S/C13H14BrNOS/c14-12-6-8-17-13(12)9-11(16)5-4-10-3-1-2-7-15-10/h1-3,6-8,11,16H,4-5,9H2. The highest BCUT2D eigenvalue weighted by atomic mass is 79.9. The number of hydrogen-bond acceptors (Lipinski definition) is 3. The molecule has 2 rings (SSSR count). The maximum atomic E-state index is 9.96. The van der Waals surface area contributed by atoms with Crippen LogP contribution < -0.4 is 0 Å². The van der Waals surface area contributed by atoms with Gasteiger partial charge in [0.25, 0.3) is 0 Å². The van der Waals surface area contributed by atoms with E-state index in [1.165, 1.54) is 4.88 Å². The summed E-state index contributed by atoms with van der Waals surface area (Å²) in [5.74, 6) is 0. The molecule has 0 bridgehead atoms. The van der Waals surface area contributed by atoms with Gasteiger partial charge in [-0.15, -0.1) is 11.3 Å². The van der Waals surface area contributed by atoms with Crippen molar-refractivity contribution in [3.63, 3.8) is 0 Å². The highest BCUT2D eigenvalue weighted by molar-refractivity contribution is 9.10. The van der Waals surface area contributed by atoms with E-state index in [-0.39, 0.29) is 6.10 Å². The van der Waals surface area contributed by atoms with Gasteiger partial charge in [0.2, 0.25) is 0 Å². The first kappa shape index (κ1) is 12.7. The van der Waals surface area contributed by atoms with Gasteiger partial charge < -0.3 is 5.11 Å². The lowest BCUT2D eigenvalue weighted by Crippen LogP contribution is -2.11. The van der Waals surface area contributed by atoms with Crippen LogP contribution in [0, 0.1) is 0 Å². The lowest BCUT2D eigenvalue weighted by Gasteiger charge is -2.09. The van der Waals surface area contributed by atoms with Gasteiger partial charge in [-0.25, -0.2) is 0 Å². The van der Waals surface area contributed by atoms with Crippen molar-refractivity contribution in [3.8, 4) is 0 Å². The molecule has 0 aliphatic heterocycles. The van der Waals surface area contributed by atoms with Gasteiger partial charge >= 0.3 is 0 Å². The molecule has 1 atom stereocenters. The molecule has 0 aliphatic rings. The van der Waals surface area contributed by atoms with Crippen LogP contribution in [-0.2, 0) is 12.8 Å². The molecule has 2 aromatic rings. The summed E-state index contributed by atoms with van der Waals surface area (Å²) in [6, 6.07) is 7.90. The molecule has 1 N–H and O–H groups in total. The summed E-state index contributed by atoms with van der Waals surface area (Å²) in [5.41, 5.74) is 1.04. The normalized spacial score (nSPS) is 12.6. The molecule has 0 radical (unpaired) electrons. The van der Waals surface area contributed by atoms with Crippen LogP contribution in [0.1, 0.15) is 17.0 Å². The SMILES string of the molecule is OC(CCc1ccccn1)Cc1sccc1Br. The molecule has 0 fully saturated rings. The van der Waals surface area contributed by atoms with Gasteiger partial charge in [-0.05, 0) is 52.4 Å². The van der Waals surface area contributed by atoms with Crippen LogP contribution in [0.15, 0.2) is 40.3 Å². The quantitative estimate of drug-likeness (QED) is 0.917. The van der Waals surface area contributed by atoms with Crippen molar-refractivity contribution in [2.45, 2.75) is 25.4 Å². The number of aromatic nitrogens is 1. The van der Waals surface area contributed by atoms with Crippen LogP contribution in [0.4, 0.5) is 0 Å². The first-order valence-corrected chi connectivity index (χ1v) is 7.23. The second kappa shape index (κ2) is 6.28. The largest absolute Gasteiger partial charge is 0.393 e. The lowest BCUT2D eigenvalue weighted by atomic mass is 10.1. The fraction of sp³-hybridized carbons (Fsp3) is 0.308. The third kappa shape index (κ3) is 3.91. The van der Waals surface area contributed by atoms with E-state index >= 15 is 0 Å². The van der Waals surface area contributed by atoms with Gasteiger partial charge in [0.1, 0.15) is 0 Å². The second-order valence-corrected chi connectivity index (χ2v) is 5.76. The number of aliphatic hydroxyl groups excluding tert-OH is 1. The Kier molecular flexibility index (Phi) is 4.71. The van der Waals surface area contributed by atoms with E-state index in [1.54, 1.807) is 17.5 Å². The zero-order valence-corrected chi connectivity index (χ0v) is 11.7.